The molecule has 0 radical (unpaired) electrons. The lowest BCUT2D eigenvalue weighted by molar-refractivity contribution is 0.353. The summed E-state index contributed by atoms with van der Waals surface area (Å²) < 4.78 is 0. The zero-order chi connectivity index (χ0) is 37.1. The maximum Gasteiger partial charge on any atom is 0.0540 e. The van der Waals surface area contributed by atoms with Gasteiger partial charge in [-0.3, -0.25) is 0 Å². The summed E-state index contributed by atoms with van der Waals surface area (Å²) in [6.45, 7) is 9.54. The second-order valence-electron chi connectivity index (χ2n) is 17.6. The fourth-order valence-corrected chi connectivity index (χ4v) is 11.4. The number of hydrogen-bond acceptors (Lipinski definition) is 1. The number of nitrogens with zero attached hydrogens (tertiary/aromatic N) is 1. The smallest absolute Gasteiger partial charge is 0.0540 e. The molecule has 0 saturated heterocycles. The van der Waals surface area contributed by atoms with Crippen LogP contribution in [0, 0.1) is 0 Å². The Labute approximate surface area is 326 Å². The summed E-state index contributed by atoms with van der Waals surface area (Å²) in [6, 6.07) is 58.1. The van der Waals surface area contributed by atoms with Crippen molar-refractivity contribution < 1.29 is 0 Å². The quantitative estimate of drug-likeness (QED) is 0.176. The molecule has 0 N–H and O–H groups in total. The van der Waals surface area contributed by atoms with Crippen molar-refractivity contribution in [2.75, 3.05) is 4.90 Å². The Morgan fingerprint density at radius 2 is 0.873 bits per heavy atom. The molecule has 1 spiro atoms. The molecule has 4 aliphatic rings. The van der Waals surface area contributed by atoms with Crippen LogP contribution in [0.25, 0.3) is 44.5 Å². The van der Waals surface area contributed by atoms with Gasteiger partial charge in [0.1, 0.15) is 0 Å². The molecule has 7 aromatic carbocycles. The maximum absolute atomic E-state index is 2.56. The highest BCUT2D eigenvalue weighted by Gasteiger charge is 2.44. The Morgan fingerprint density at radius 1 is 0.364 bits per heavy atom. The van der Waals surface area contributed by atoms with E-state index in [-0.39, 0.29) is 16.2 Å². The molecule has 268 valence electrons. The molecule has 0 atom stereocenters. The monoisotopic (exact) mass is 709 g/mol. The van der Waals surface area contributed by atoms with Crippen LogP contribution in [0.3, 0.4) is 0 Å². The van der Waals surface area contributed by atoms with Gasteiger partial charge in [-0.15, -0.1) is 0 Å². The molecule has 1 nitrogen and oxygen atoms in total. The summed E-state index contributed by atoms with van der Waals surface area (Å²) in [6.07, 6.45) is 6.40. The minimum absolute atomic E-state index is 0.0698. The van der Waals surface area contributed by atoms with Gasteiger partial charge < -0.3 is 4.90 Å². The van der Waals surface area contributed by atoms with E-state index < -0.39 is 0 Å². The van der Waals surface area contributed by atoms with E-state index in [0.717, 1.165) is 0 Å². The van der Waals surface area contributed by atoms with Crippen molar-refractivity contribution in [3.05, 3.63) is 185 Å². The molecule has 4 aliphatic carbocycles. The van der Waals surface area contributed by atoms with E-state index in [2.05, 4.69) is 184 Å². The van der Waals surface area contributed by atoms with Gasteiger partial charge >= 0.3 is 0 Å². The van der Waals surface area contributed by atoms with Crippen LogP contribution in [0.15, 0.2) is 152 Å². The van der Waals surface area contributed by atoms with Gasteiger partial charge in [0.2, 0.25) is 0 Å². The third-order valence-electron chi connectivity index (χ3n) is 14.1. The molecule has 0 unspecified atom stereocenters. The van der Waals surface area contributed by atoms with E-state index >= 15 is 0 Å². The minimum Gasteiger partial charge on any atom is -0.310 e. The average molecular weight is 710 g/mol. The second kappa shape index (κ2) is 11.7. The molecule has 0 aromatic heterocycles. The van der Waals surface area contributed by atoms with E-state index in [9.17, 15) is 0 Å². The zero-order valence-electron chi connectivity index (χ0n) is 32.4. The topological polar surface area (TPSA) is 3.24 Å². The van der Waals surface area contributed by atoms with Crippen molar-refractivity contribution >= 4 is 17.1 Å². The number of anilines is 3. The lowest BCUT2D eigenvalue weighted by Crippen LogP contribution is -2.28. The third-order valence-corrected chi connectivity index (χ3v) is 14.1. The fraction of sp³-hybridized carbons (Fsp3) is 0.222. The van der Waals surface area contributed by atoms with Crippen molar-refractivity contribution in [2.24, 2.45) is 0 Å². The van der Waals surface area contributed by atoms with Crippen molar-refractivity contribution in [3.63, 3.8) is 0 Å². The normalized spacial score (nSPS) is 17.2. The molecule has 1 saturated carbocycles. The van der Waals surface area contributed by atoms with E-state index in [1.54, 1.807) is 0 Å². The largest absolute Gasteiger partial charge is 0.310 e. The first kappa shape index (κ1) is 32.7. The number of benzene rings is 7. The zero-order valence-corrected chi connectivity index (χ0v) is 32.4. The van der Waals surface area contributed by atoms with E-state index in [1.807, 2.05) is 0 Å². The summed E-state index contributed by atoms with van der Waals surface area (Å²) in [4.78, 5) is 2.56. The van der Waals surface area contributed by atoms with Gasteiger partial charge in [0, 0.05) is 33.2 Å². The molecule has 0 bridgehead atoms. The molecule has 1 heteroatoms. The van der Waals surface area contributed by atoms with Gasteiger partial charge in [-0.05, 0) is 115 Å². The van der Waals surface area contributed by atoms with E-state index in [0.29, 0.717) is 0 Å². The summed E-state index contributed by atoms with van der Waals surface area (Å²) in [5.41, 5.74) is 23.0. The number of para-hydroxylation sites is 1. The van der Waals surface area contributed by atoms with Crippen LogP contribution >= 0.6 is 0 Å². The first-order valence-corrected chi connectivity index (χ1v) is 20.4. The lowest BCUT2D eigenvalue weighted by Gasteiger charge is -2.36. The highest BCUT2D eigenvalue weighted by molar-refractivity contribution is 5.99. The molecule has 1 fully saturated rings. The molecule has 55 heavy (non-hydrogen) atoms. The first-order valence-electron chi connectivity index (χ1n) is 20.4. The highest BCUT2D eigenvalue weighted by atomic mass is 15.1. The summed E-state index contributed by atoms with van der Waals surface area (Å²) in [5.74, 6) is 0. The van der Waals surface area contributed by atoms with Crippen molar-refractivity contribution in [1.82, 2.24) is 0 Å². The lowest BCUT2D eigenvalue weighted by atomic mass is 9.68. The van der Waals surface area contributed by atoms with Crippen LogP contribution in [-0.4, -0.2) is 0 Å². The van der Waals surface area contributed by atoms with Gasteiger partial charge in [-0.1, -0.05) is 168 Å². The van der Waals surface area contributed by atoms with Gasteiger partial charge in [0.05, 0.1) is 5.69 Å². The highest BCUT2D eigenvalue weighted by Crippen LogP contribution is 2.58. The van der Waals surface area contributed by atoms with Gasteiger partial charge in [-0.2, -0.15) is 0 Å². The third kappa shape index (κ3) is 4.47. The Bertz CT molecular complexity index is 2700. The number of rotatable bonds is 4. The fourth-order valence-electron chi connectivity index (χ4n) is 11.4. The number of hydrogen-bond donors (Lipinski definition) is 0. The van der Waals surface area contributed by atoms with Crippen LogP contribution in [0.2, 0.25) is 0 Å². The summed E-state index contributed by atoms with van der Waals surface area (Å²) in [7, 11) is 0. The SMILES string of the molecule is CC1(C)c2ccccc2-c2ccc(N(c3ccc4c(c3)-c3ccccc3C43CCCCC3)c3ccccc3-c3cccc4c3-c3ccccc3C4(C)C)cc21. The Balaban J connectivity index is 1.16. The molecular weight excluding hydrogens is 663 g/mol. The van der Waals surface area contributed by atoms with Crippen LogP contribution in [-0.2, 0) is 16.2 Å². The summed E-state index contributed by atoms with van der Waals surface area (Å²) in [5, 5.41) is 0. The van der Waals surface area contributed by atoms with Crippen molar-refractivity contribution in [2.45, 2.75) is 76.0 Å². The van der Waals surface area contributed by atoms with Gasteiger partial charge in [0.15, 0.2) is 0 Å². The Kier molecular flexibility index (Phi) is 6.95. The standard InChI is InChI=1S/C54H47N/c1-52(2)45-23-11-8-20-42(45)51-41(21-16-25-48(51)52)40-19-9-13-26-50(40)55(36-27-29-39-37-17-6-10-22-44(37)53(3,4)49(39)34-36)35-28-30-47-43(33-35)38-18-7-12-24-46(38)54(47)31-14-5-15-32-54/h6-13,16-30,33-34H,5,14-15,31-32H2,1-4H3. The van der Waals surface area contributed by atoms with Gasteiger partial charge in [0.25, 0.3) is 0 Å². The summed E-state index contributed by atoms with van der Waals surface area (Å²) >= 11 is 0. The van der Waals surface area contributed by atoms with Crippen molar-refractivity contribution in [3.8, 4) is 44.5 Å². The molecule has 7 aromatic rings. The molecule has 0 aliphatic heterocycles. The Morgan fingerprint density at radius 3 is 1.64 bits per heavy atom. The Hall–Kier alpha value is -5.66. The van der Waals surface area contributed by atoms with Crippen LogP contribution in [0.1, 0.15) is 93.2 Å². The van der Waals surface area contributed by atoms with Crippen LogP contribution in [0.4, 0.5) is 17.1 Å². The second-order valence-corrected chi connectivity index (χ2v) is 17.6. The molecule has 0 amide bonds. The predicted molar refractivity (Wildman–Crippen MR) is 231 cm³/mol. The van der Waals surface area contributed by atoms with Gasteiger partial charge in [-0.25, -0.2) is 0 Å². The van der Waals surface area contributed by atoms with E-state index in [4.69, 9.17) is 0 Å². The molecule has 0 heterocycles. The van der Waals surface area contributed by atoms with Crippen molar-refractivity contribution in [1.29, 1.82) is 0 Å². The van der Waals surface area contributed by atoms with Crippen LogP contribution in [0.5, 0.6) is 0 Å². The predicted octanol–water partition coefficient (Wildman–Crippen LogP) is 14.7. The molecular formula is C54H47N. The minimum atomic E-state index is -0.104. The van der Waals surface area contributed by atoms with E-state index in [1.165, 1.54) is 127 Å². The molecule has 11 rings (SSSR count). The van der Waals surface area contributed by atoms with Crippen LogP contribution < -0.4 is 4.90 Å². The number of fused-ring (bicyclic) bond motifs is 11. The first-order chi connectivity index (χ1) is 26.8. The average Bonchev–Trinajstić information content (AvgIpc) is 3.72. The maximum atomic E-state index is 2.56.